The highest BCUT2D eigenvalue weighted by Crippen LogP contribution is 2.28. The van der Waals surface area contributed by atoms with Gasteiger partial charge in [0.1, 0.15) is 29.5 Å². The minimum atomic E-state index is -0.140. The summed E-state index contributed by atoms with van der Waals surface area (Å²) in [7, 11) is 1.57. The van der Waals surface area contributed by atoms with Gasteiger partial charge in [0.05, 0.1) is 37.1 Å². The number of amides is 1. The number of rotatable bonds is 10. The average molecular weight is 542 g/mol. The molecule has 2 aliphatic rings. The van der Waals surface area contributed by atoms with Crippen LogP contribution in [0, 0.1) is 11.3 Å². The second kappa shape index (κ2) is 13.4. The van der Waals surface area contributed by atoms with Gasteiger partial charge in [0, 0.05) is 44.1 Å². The molecule has 0 saturated carbocycles. The fraction of sp³-hybridized carbons (Fsp3) is 0.419. The van der Waals surface area contributed by atoms with Crippen molar-refractivity contribution in [3.63, 3.8) is 0 Å². The van der Waals surface area contributed by atoms with Crippen LogP contribution in [0.25, 0.3) is 11.3 Å². The summed E-state index contributed by atoms with van der Waals surface area (Å²) in [6, 6.07) is 15.2. The number of carbonyl (C=O) groups is 1. The number of hydrogen-bond donors (Lipinski definition) is 1. The van der Waals surface area contributed by atoms with E-state index in [1.807, 2.05) is 30.3 Å². The molecule has 40 heavy (non-hydrogen) atoms. The van der Waals surface area contributed by atoms with E-state index in [2.05, 4.69) is 21.3 Å². The number of ether oxygens (including phenoxy) is 3. The zero-order valence-electron chi connectivity index (χ0n) is 22.9. The molecule has 208 valence electrons. The number of hydrogen-bond acceptors (Lipinski definition) is 8. The number of aromatic nitrogens is 2. The van der Waals surface area contributed by atoms with Crippen molar-refractivity contribution in [3.8, 4) is 28.8 Å². The number of carbonyl (C=O) groups excluding carboxylic acids is 1. The van der Waals surface area contributed by atoms with Crippen molar-refractivity contribution in [3.05, 3.63) is 71.2 Å². The Labute approximate surface area is 235 Å². The molecule has 0 spiro atoms. The molecule has 3 heterocycles. The summed E-state index contributed by atoms with van der Waals surface area (Å²) in [6.45, 7) is 5.03. The van der Waals surface area contributed by atoms with Gasteiger partial charge in [-0.15, -0.1) is 0 Å². The lowest BCUT2D eigenvalue weighted by Gasteiger charge is -2.23. The van der Waals surface area contributed by atoms with E-state index in [-0.39, 0.29) is 12.0 Å². The first-order chi connectivity index (χ1) is 19.6. The predicted molar refractivity (Wildman–Crippen MR) is 150 cm³/mol. The maximum Gasteiger partial charge on any atom is 0.255 e. The highest BCUT2D eigenvalue weighted by atomic mass is 16.5. The van der Waals surface area contributed by atoms with E-state index in [9.17, 15) is 10.1 Å². The molecule has 1 amide bonds. The summed E-state index contributed by atoms with van der Waals surface area (Å²) in [5.41, 5.74) is 3.45. The Morgan fingerprint density at radius 1 is 1.12 bits per heavy atom. The maximum atomic E-state index is 12.8. The van der Waals surface area contributed by atoms with Gasteiger partial charge in [-0.2, -0.15) is 5.26 Å². The van der Waals surface area contributed by atoms with Gasteiger partial charge in [0.15, 0.2) is 0 Å². The molecule has 9 nitrogen and oxygen atoms in total. The zero-order valence-corrected chi connectivity index (χ0v) is 22.9. The number of methoxy groups -OCH3 is 1. The molecular weight excluding hydrogens is 506 g/mol. The van der Waals surface area contributed by atoms with Gasteiger partial charge in [-0.05, 0) is 67.9 Å². The summed E-state index contributed by atoms with van der Waals surface area (Å²) < 4.78 is 17.0. The standard InChI is InChI=1S/C31H35N5O4/c1-38-29-18-22(4-6-26(29)31(37)34-12-15-36-13-2-3-14-36)19-30-33-11-8-27(35-30)23-5-7-28(24(20-23)21-32)40-25-9-16-39-17-10-25/h4-8,11,18,20,25H,2-3,9-10,12-17,19H2,1H3,(H,34,37). The molecule has 5 rings (SSSR count). The van der Waals surface area contributed by atoms with Crippen molar-refractivity contribution in [1.29, 1.82) is 5.26 Å². The normalized spacial score (nSPS) is 15.9. The molecular formula is C31H35N5O4. The molecule has 2 aliphatic heterocycles. The van der Waals surface area contributed by atoms with Crippen LogP contribution >= 0.6 is 0 Å². The number of benzene rings is 2. The van der Waals surface area contributed by atoms with Gasteiger partial charge < -0.3 is 24.4 Å². The Kier molecular flexibility index (Phi) is 9.22. The molecule has 0 aliphatic carbocycles. The van der Waals surface area contributed by atoms with Crippen molar-refractivity contribution >= 4 is 5.91 Å². The highest BCUT2D eigenvalue weighted by Gasteiger charge is 2.18. The number of nitrogens with zero attached hydrogens (tertiary/aromatic N) is 4. The van der Waals surface area contributed by atoms with E-state index in [1.54, 1.807) is 25.4 Å². The summed E-state index contributed by atoms with van der Waals surface area (Å²) in [6.07, 6.45) is 6.34. The fourth-order valence-corrected chi connectivity index (χ4v) is 5.14. The van der Waals surface area contributed by atoms with Crippen LogP contribution in [0.3, 0.4) is 0 Å². The summed E-state index contributed by atoms with van der Waals surface area (Å²) >= 11 is 0. The van der Waals surface area contributed by atoms with Gasteiger partial charge in [-0.3, -0.25) is 4.79 Å². The van der Waals surface area contributed by atoms with Crippen LogP contribution in [0.2, 0.25) is 0 Å². The van der Waals surface area contributed by atoms with Crippen LogP contribution in [0.4, 0.5) is 0 Å². The zero-order chi connectivity index (χ0) is 27.7. The molecule has 0 bridgehead atoms. The SMILES string of the molecule is COc1cc(Cc2nccc(-c3ccc(OC4CCOCC4)c(C#N)c3)n2)ccc1C(=O)NCCN1CCCC1. The Bertz CT molecular complexity index is 1360. The Morgan fingerprint density at radius 3 is 2.73 bits per heavy atom. The van der Waals surface area contributed by atoms with Gasteiger partial charge in [0.2, 0.25) is 0 Å². The molecule has 2 saturated heterocycles. The minimum absolute atomic E-state index is 0.0572. The largest absolute Gasteiger partial charge is 0.496 e. The second-order valence-electron chi connectivity index (χ2n) is 10.1. The summed E-state index contributed by atoms with van der Waals surface area (Å²) in [4.78, 5) is 24.4. The van der Waals surface area contributed by atoms with E-state index in [0.717, 1.165) is 49.3 Å². The van der Waals surface area contributed by atoms with Crippen LogP contribution in [0.1, 0.15) is 53.0 Å². The van der Waals surface area contributed by atoms with Crippen LogP contribution in [0.15, 0.2) is 48.7 Å². The van der Waals surface area contributed by atoms with E-state index >= 15 is 0 Å². The molecule has 0 radical (unpaired) electrons. The molecule has 2 aromatic carbocycles. The van der Waals surface area contributed by atoms with E-state index in [0.29, 0.717) is 54.6 Å². The minimum Gasteiger partial charge on any atom is -0.496 e. The quantitative estimate of drug-likeness (QED) is 0.410. The first-order valence-electron chi connectivity index (χ1n) is 13.9. The summed E-state index contributed by atoms with van der Waals surface area (Å²) in [5, 5.41) is 12.8. The second-order valence-corrected chi connectivity index (χ2v) is 10.1. The first kappa shape index (κ1) is 27.6. The lowest BCUT2D eigenvalue weighted by Crippen LogP contribution is -2.33. The van der Waals surface area contributed by atoms with Crippen molar-refractivity contribution in [2.45, 2.75) is 38.2 Å². The van der Waals surface area contributed by atoms with Crippen molar-refractivity contribution in [2.75, 3.05) is 46.5 Å². The number of likely N-dealkylation sites (tertiary alicyclic amines) is 1. The van der Waals surface area contributed by atoms with Crippen molar-refractivity contribution in [1.82, 2.24) is 20.2 Å². The third-order valence-electron chi connectivity index (χ3n) is 7.35. The highest BCUT2D eigenvalue weighted by molar-refractivity contribution is 5.97. The van der Waals surface area contributed by atoms with Gasteiger partial charge in [-0.25, -0.2) is 9.97 Å². The monoisotopic (exact) mass is 541 g/mol. The lowest BCUT2D eigenvalue weighted by atomic mass is 10.1. The van der Waals surface area contributed by atoms with Crippen LogP contribution < -0.4 is 14.8 Å². The molecule has 0 unspecified atom stereocenters. The third kappa shape index (κ3) is 6.95. The molecule has 9 heteroatoms. The molecule has 2 fully saturated rings. The third-order valence-corrected chi connectivity index (χ3v) is 7.35. The number of nitrogens with one attached hydrogen (secondary N) is 1. The fourth-order valence-electron chi connectivity index (χ4n) is 5.14. The predicted octanol–water partition coefficient (Wildman–Crippen LogP) is 4.00. The Hall–Kier alpha value is -4.00. The van der Waals surface area contributed by atoms with Gasteiger partial charge in [-0.1, -0.05) is 6.07 Å². The smallest absolute Gasteiger partial charge is 0.255 e. The molecule has 3 aromatic rings. The van der Waals surface area contributed by atoms with Gasteiger partial charge >= 0.3 is 0 Å². The maximum absolute atomic E-state index is 12.8. The molecule has 0 atom stereocenters. The number of nitriles is 1. The molecule has 1 aromatic heterocycles. The Morgan fingerprint density at radius 2 is 1.95 bits per heavy atom. The van der Waals surface area contributed by atoms with E-state index < -0.39 is 0 Å². The van der Waals surface area contributed by atoms with Gasteiger partial charge in [0.25, 0.3) is 5.91 Å². The van der Waals surface area contributed by atoms with E-state index in [1.165, 1.54) is 12.8 Å². The van der Waals surface area contributed by atoms with Crippen LogP contribution in [-0.4, -0.2) is 73.4 Å². The topological polar surface area (TPSA) is 110 Å². The lowest BCUT2D eigenvalue weighted by molar-refractivity contribution is 0.0254. The van der Waals surface area contributed by atoms with Crippen molar-refractivity contribution in [2.24, 2.45) is 0 Å². The van der Waals surface area contributed by atoms with Crippen molar-refractivity contribution < 1.29 is 19.0 Å². The molecule has 1 N–H and O–H groups in total. The summed E-state index contributed by atoms with van der Waals surface area (Å²) in [5.74, 6) is 1.59. The van der Waals surface area contributed by atoms with Crippen LogP contribution in [0.5, 0.6) is 11.5 Å². The first-order valence-corrected chi connectivity index (χ1v) is 13.9. The van der Waals surface area contributed by atoms with Crippen LogP contribution in [-0.2, 0) is 11.2 Å². The average Bonchev–Trinajstić information content (AvgIpc) is 3.51. The Balaban J connectivity index is 1.25. The van der Waals surface area contributed by atoms with E-state index in [4.69, 9.17) is 19.2 Å².